The van der Waals surface area contributed by atoms with Crippen molar-refractivity contribution in [1.82, 2.24) is 14.9 Å². The minimum atomic E-state index is -0.367. The van der Waals surface area contributed by atoms with E-state index in [-0.39, 0.29) is 18.0 Å². The molecule has 0 radical (unpaired) electrons. The summed E-state index contributed by atoms with van der Waals surface area (Å²) in [6.45, 7) is 8.10. The van der Waals surface area contributed by atoms with E-state index >= 15 is 0 Å². The summed E-state index contributed by atoms with van der Waals surface area (Å²) >= 11 is 0. The van der Waals surface area contributed by atoms with E-state index in [0.29, 0.717) is 43.6 Å². The highest BCUT2D eigenvalue weighted by Crippen LogP contribution is 2.31. The Morgan fingerprint density at radius 2 is 2.07 bits per heavy atom. The fraction of sp³-hybridized carbons (Fsp3) is 0.500. The second kappa shape index (κ2) is 7.31. The van der Waals surface area contributed by atoms with Gasteiger partial charge in [0.15, 0.2) is 5.75 Å². The zero-order valence-corrected chi connectivity index (χ0v) is 15.9. The molecule has 2 aromatic heterocycles. The SMILES string of the molecule is Cc1cc(O[C@@H]2C[C@H](C)N(Cc3nc4c(cc3F)OCCO4)C2)cnc1C. The van der Waals surface area contributed by atoms with Crippen LogP contribution in [0.25, 0.3) is 0 Å². The minimum absolute atomic E-state index is 0.0455. The lowest BCUT2D eigenvalue weighted by molar-refractivity contribution is 0.160. The molecule has 0 spiro atoms. The van der Waals surface area contributed by atoms with E-state index in [1.54, 1.807) is 6.20 Å². The Morgan fingerprint density at radius 3 is 2.89 bits per heavy atom. The van der Waals surface area contributed by atoms with Crippen molar-refractivity contribution in [2.75, 3.05) is 19.8 Å². The molecule has 0 amide bonds. The van der Waals surface area contributed by atoms with Crippen LogP contribution in [0.2, 0.25) is 0 Å². The smallest absolute Gasteiger partial charge is 0.257 e. The predicted molar refractivity (Wildman–Crippen MR) is 97.8 cm³/mol. The first kappa shape index (κ1) is 18.0. The number of rotatable bonds is 4. The molecule has 4 heterocycles. The topological polar surface area (TPSA) is 56.7 Å². The Hall–Kier alpha value is -2.41. The number of likely N-dealkylation sites (tertiary alicyclic amines) is 1. The highest BCUT2D eigenvalue weighted by atomic mass is 19.1. The van der Waals surface area contributed by atoms with Gasteiger partial charge >= 0.3 is 0 Å². The lowest BCUT2D eigenvalue weighted by Gasteiger charge is -2.22. The summed E-state index contributed by atoms with van der Waals surface area (Å²) in [7, 11) is 0. The van der Waals surface area contributed by atoms with Gasteiger partial charge in [-0.3, -0.25) is 9.88 Å². The van der Waals surface area contributed by atoms with Gasteiger partial charge in [0.2, 0.25) is 0 Å². The number of aryl methyl sites for hydroxylation is 2. The summed E-state index contributed by atoms with van der Waals surface area (Å²) in [6.07, 6.45) is 2.68. The van der Waals surface area contributed by atoms with Gasteiger partial charge in [0.25, 0.3) is 5.88 Å². The summed E-state index contributed by atoms with van der Waals surface area (Å²) in [4.78, 5) is 10.9. The van der Waals surface area contributed by atoms with Crippen LogP contribution in [0, 0.1) is 19.7 Å². The van der Waals surface area contributed by atoms with E-state index < -0.39 is 0 Å². The van der Waals surface area contributed by atoms with Crippen molar-refractivity contribution < 1.29 is 18.6 Å². The summed E-state index contributed by atoms with van der Waals surface area (Å²) in [5.74, 6) is 1.16. The zero-order chi connectivity index (χ0) is 19.0. The Kier molecular flexibility index (Phi) is 4.86. The summed E-state index contributed by atoms with van der Waals surface area (Å²) in [6, 6.07) is 3.65. The van der Waals surface area contributed by atoms with Gasteiger partial charge in [-0.25, -0.2) is 9.37 Å². The molecule has 2 atom stereocenters. The van der Waals surface area contributed by atoms with E-state index in [0.717, 1.165) is 23.4 Å². The van der Waals surface area contributed by atoms with Crippen molar-refractivity contribution in [2.45, 2.75) is 45.9 Å². The van der Waals surface area contributed by atoms with Gasteiger partial charge in [0.05, 0.1) is 11.9 Å². The molecular formula is C20H24FN3O3. The number of fused-ring (bicyclic) bond motifs is 1. The molecule has 1 fully saturated rings. The second-order valence-corrected chi connectivity index (χ2v) is 7.24. The van der Waals surface area contributed by atoms with Crippen LogP contribution >= 0.6 is 0 Å². The van der Waals surface area contributed by atoms with Gasteiger partial charge in [-0.2, -0.15) is 0 Å². The molecule has 27 heavy (non-hydrogen) atoms. The number of pyridine rings is 2. The van der Waals surface area contributed by atoms with Gasteiger partial charge in [-0.15, -0.1) is 0 Å². The van der Waals surface area contributed by atoms with Crippen molar-refractivity contribution in [3.8, 4) is 17.4 Å². The van der Waals surface area contributed by atoms with Crippen molar-refractivity contribution in [1.29, 1.82) is 0 Å². The van der Waals surface area contributed by atoms with E-state index in [4.69, 9.17) is 14.2 Å². The first-order chi connectivity index (χ1) is 13.0. The molecular weight excluding hydrogens is 349 g/mol. The third-order valence-corrected chi connectivity index (χ3v) is 5.20. The molecule has 144 valence electrons. The van der Waals surface area contributed by atoms with Crippen molar-refractivity contribution in [3.63, 3.8) is 0 Å². The number of ether oxygens (including phenoxy) is 3. The van der Waals surface area contributed by atoms with Gasteiger partial charge in [-0.05, 0) is 32.4 Å². The highest BCUT2D eigenvalue weighted by Gasteiger charge is 2.32. The van der Waals surface area contributed by atoms with E-state index in [1.807, 2.05) is 19.9 Å². The number of hydrogen-bond donors (Lipinski definition) is 0. The number of aromatic nitrogens is 2. The predicted octanol–water partition coefficient (Wildman–Crippen LogP) is 3.05. The number of halogens is 1. The maximum absolute atomic E-state index is 14.4. The van der Waals surface area contributed by atoms with Crippen molar-refractivity contribution >= 4 is 0 Å². The third-order valence-electron chi connectivity index (χ3n) is 5.20. The first-order valence-electron chi connectivity index (χ1n) is 9.28. The standard InChI is InChI=1S/C20H24FN3O3/c1-12-6-15(9-22-14(12)3)27-16-7-13(2)24(10-16)11-18-17(21)8-19-20(23-18)26-5-4-25-19/h6,8-9,13,16H,4-5,7,10-11H2,1-3H3/t13-,16+/m0/s1. The van der Waals surface area contributed by atoms with Gasteiger partial charge < -0.3 is 14.2 Å². The highest BCUT2D eigenvalue weighted by molar-refractivity contribution is 5.36. The molecule has 2 aromatic rings. The average Bonchev–Trinajstić information content (AvgIpc) is 2.98. The second-order valence-electron chi connectivity index (χ2n) is 7.24. The third kappa shape index (κ3) is 3.83. The monoisotopic (exact) mass is 373 g/mol. The molecule has 0 bridgehead atoms. The largest absolute Gasteiger partial charge is 0.487 e. The Balaban J connectivity index is 1.43. The summed E-state index contributed by atoms with van der Waals surface area (Å²) in [5.41, 5.74) is 2.49. The quantitative estimate of drug-likeness (QED) is 0.821. The first-order valence-corrected chi connectivity index (χ1v) is 9.28. The normalized spacial score (nSPS) is 22.1. The van der Waals surface area contributed by atoms with Crippen LogP contribution in [0.4, 0.5) is 4.39 Å². The van der Waals surface area contributed by atoms with Crippen molar-refractivity contribution in [2.24, 2.45) is 0 Å². The molecule has 2 aliphatic heterocycles. The van der Waals surface area contributed by atoms with Gasteiger partial charge in [0.1, 0.15) is 30.9 Å². The molecule has 0 saturated carbocycles. The number of hydrogen-bond acceptors (Lipinski definition) is 6. The molecule has 4 rings (SSSR count). The van der Waals surface area contributed by atoms with E-state index in [9.17, 15) is 4.39 Å². The van der Waals surface area contributed by atoms with E-state index in [1.165, 1.54) is 6.07 Å². The van der Waals surface area contributed by atoms with Crippen LogP contribution in [-0.2, 0) is 6.54 Å². The molecule has 0 N–H and O–H groups in total. The average molecular weight is 373 g/mol. The number of nitrogens with zero attached hydrogens (tertiary/aromatic N) is 3. The lowest BCUT2D eigenvalue weighted by Crippen LogP contribution is -2.29. The Labute approximate surface area is 158 Å². The Bertz CT molecular complexity index is 845. The molecule has 7 heteroatoms. The van der Waals surface area contributed by atoms with Crippen LogP contribution in [0.5, 0.6) is 17.4 Å². The zero-order valence-electron chi connectivity index (χ0n) is 15.9. The molecule has 6 nitrogen and oxygen atoms in total. The van der Waals surface area contributed by atoms with E-state index in [2.05, 4.69) is 21.8 Å². The molecule has 0 aliphatic carbocycles. The minimum Gasteiger partial charge on any atom is -0.487 e. The molecule has 2 aliphatic rings. The molecule has 0 aromatic carbocycles. The lowest BCUT2D eigenvalue weighted by atomic mass is 10.2. The molecule has 0 unspecified atom stereocenters. The van der Waals surface area contributed by atoms with Crippen LogP contribution in [0.1, 0.15) is 30.3 Å². The van der Waals surface area contributed by atoms with Crippen LogP contribution in [-0.4, -0.2) is 46.8 Å². The maximum Gasteiger partial charge on any atom is 0.257 e. The fourth-order valence-electron chi connectivity index (χ4n) is 3.52. The Morgan fingerprint density at radius 1 is 1.26 bits per heavy atom. The van der Waals surface area contributed by atoms with Crippen molar-refractivity contribution in [3.05, 3.63) is 41.1 Å². The summed E-state index contributed by atoms with van der Waals surface area (Å²) in [5, 5.41) is 0. The van der Waals surface area contributed by atoms with Gasteiger partial charge in [0, 0.05) is 37.3 Å². The van der Waals surface area contributed by atoms with Gasteiger partial charge in [-0.1, -0.05) is 0 Å². The maximum atomic E-state index is 14.4. The van der Waals surface area contributed by atoms with Crippen LogP contribution in [0.15, 0.2) is 18.3 Å². The van der Waals surface area contributed by atoms with Crippen LogP contribution in [0.3, 0.4) is 0 Å². The summed E-state index contributed by atoms with van der Waals surface area (Å²) < 4.78 is 31.4. The molecule has 1 saturated heterocycles. The van der Waals surface area contributed by atoms with Crippen LogP contribution < -0.4 is 14.2 Å². The fourth-order valence-corrected chi connectivity index (χ4v) is 3.52.